The molecule has 0 aromatic heterocycles. The molecular formula is C22H28ClNO2S. The number of carbonyl (C=O) groups excluding carboxylic acids is 1. The van der Waals surface area contributed by atoms with Crippen LogP contribution in [0.15, 0.2) is 53.4 Å². The summed E-state index contributed by atoms with van der Waals surface area (Å²) in [5, 5.41) is 3.69. The highest BCUT2D eigenvalue weighted by molar-refractivity contribution is 8.00. The number of para-hydroxylation sites is 1. The lowest BCUT2D eigenvalue weighted by molar-refractivity contribution is -0.120. The molecular weight excluding hydrogens is 378 g/mol. The zero-order valence-electron chi connectivity index (χ0n) is 16.0. The van der Waals surface area contributed by atoms with Gasteiger partial charge in [-0.25, -0.2) is 0 Å². The van der Waals surface area contributed by atoms with Crippen LogP contribution in [-0.4, -0.2) is 24.3 Å². The molecule has 1 unspecified atom stereocenters. The van der Waals surface area contributed by atoms with Crippen molar-refractivity contribution >= 4 is 29.3 Å². The Labute approximate surface area is 171 Å². The van der Waals surface area contributed by atoms with Crippen LogP contribution in [0.3, 0.4) is 0 Å². The van der Waals surface area contributed by atoms with E-state index in [9.17, 15) is 4.79 Å². The molecule has 0 aliphatic heterocycles. The Balaban J connectivity index is 1.78. The number of amides is 1. The van der Waals surface area contributed by atoms with Gasteiger partial charge in [0.1, 0.15) is 5.75 Å². The van der Waals surface area contributed by atoms with Crippen molar-refractivity contribution in [3.63, 3.8) is 0 Å². The van der Waals surface area contributed by atoms with Gasteiger partial charge in [0.15, 0.2) is 0 Å². The Bertz CT molecular complexity index is 706. The second-order valence-corrected chi connectivity index (χ2v) is 8.03. The zero-order chi connectivity index (χ0) is 19.5. The van der Waals surface area contributed by atoms with Gasteiger partial charge >= 0.3 is 0 Å². The number of aryl methyl sites for hydroxylation is 1. The molecule has 2 aromatic carbocycles. The van der Waals surface area contributed by atoms with Gasteiger partial charge in [0.2, 0.25) is 5.91 Å². The Morgan fingerprint density at radius 1 is 1.15 bits per heavy atom. The van der Waals surface area contributed by atoms with Crippen molar-refractivity contribution in [1.29, 1.82) is 0 Å². The quantitative estimate of drug-likeness (QED) is 0.382. The van der Waals surface area contributed by atoms with Crippen LogP contribution in [0.25, 0.3) is 0 Å². The molecule has 1 atom stereocenters. The van der Waals surface area contributed by atoms with E-state index in [1.54, 1.807) is 11.8 Å². The van der Waals surface area contributed by atoms with Crippen molar-refractivity contribution in [3.05, 3.63) is 59.1 Å². The van der Waals surface area contributed by atoms with Crippen LogP contribution in [0.2, 0.25) is 5.02 Å². The summed E-state index contributed by atoms with van der Waals surface area (Å²) < 4.78 is 5.79. The average molecular weight is 406 g/mol. The first-order valence-electron chi connectivity index (χ1n) is 9.54. The standard InChI is InChI=1S/C22H28ClNO2S/c1-3-16-26-20-10-6-5-8-17(20)9-7-15-24-22(25)21(4-2)27-19-13-11-18(23)12-14-19/h5-6,8,10-14,21H,3-4,7,9,15-16H2,1-2H3,(H,24,25). The van der Waals surface area contributed by atoms with E-state index >= 15 is 0 Å². The maximum atomic E-state index is 12.5. The van der Waals surface area contributed by atoms with E-state index in [1.165, 1.54) is 5.56 Å². The van der Waals surface area contributed by atoms with Crippen LogP contribution in [-0.2, 0) is 11.2 Å². The van der Waals surface area contributed by atoms with Crippen molar-refractivity contribution in [2.45, 2.75) is 49.7 Å². The third-order valence-electron chi connectivity index (χ3n) is 4.11. The lowest BCUT2D eigenvalue weighted by Crippen LogP contribution is -2.33. The molecule has 2 aromatic rings. The molecule has 0 fully saturated rings. The van der Waals surface area contributed by atoms with Gasteiger partial charge < -0.3 is 10.1 Å². The summed E-state index contributed by atoms with van der Waals surface area (Å²) in [7, 11) is 0. The fourth-order valence-electron chi connectivity index (χ4n) is 2.67. The molecule has 1 amide bonds. The number of benzene rings is 2. The predicted molar refractivity (Wildman–Crippen MR) is 115 cm³/mol. The van der Waals surface area contributed by atoms with Crippen LogP contribution in [0.1, 0.15) is 38.7 Å². The Morgan fingerprint density at radius 2 is 1.89 bits per heavy atom. The van der Waals surface area contributed by atoms with Crippen molar-refractivity contribution in [2.24, 2.45) is 0 Å². The van der Waals surface area contributed by atoms with Crippen LogP contribution in [0.5, 0.6) is 5.75 Å². The number of hydrogen-bond acceptors (Lipinski definition) is 3. The molecule has 0 heterocycles. The van der Waals surface area contributed by atoms with Crippen LogP contribution < -0.4 is 10.1 Å². The highest BCUT2D eigenvalue weighted by Crippen LogP contribution is 2.27. The topological polar surface area (TPSA) is 38.3 Å². The van der Waals surface area contributed by atoms with Crippen LogP contribution >= 0.6 is 23.4 Å². The Morgan fingerprint density at radius 3 is 2.59 bits per heavy atom. The fourth-order valence-corrected chi connectivity index (χ4v) is 3.77. The van der Waals surface area contributed by atoms with Crippen molar-refractivity contribution in [2.75, 3.05) is 13.2 Å². The smallest absolute Gasteiger partial charge is 0.233 e. The highest BCUT2D eigenvalue weighted by Gasteiger charge is 2.17. The van der Waals surface area contributed by atoms with Gasteiger partial charge in [-0.2, -0.15) is 0 Å². The molecule has 0 radical (unpaired) electrons. The number of thioether (sulfide) groups is 1. The molecule has 1 N–H and O–H groups in total. The van der Waals surface area contributed by atoms with Crippen LogP contribution in [0, 0.1) is 0 Å². The van der Waals surface area contributed by atoms with Crippen molar-refractivity contribution < 1.29 is 9.53 Å². The molecule has 5 heteroatoms. The van der Waals surface area contributed by atoms with Crippen LogP contribution in [0.4, 0.5) is 0 Å². The second kappa shape index (κ2) is 11.9. The molecule has 146 valence electrons. The van der Waals surface area contributed by atoms with E-state index < -0.39 is 0 Å². The van der Waals surface area contributed by atoms with Crippen molar-refractivity contribution in [1.82, 2.24) is 5.32 Å². The summed E-state index contributed by atoms with van der Waals surface area (Å²) in [5.41, 5.74) is 1.20. The van der Waals surface area contributed by atoms with Crippen molar-refractivity contribution in [3.8, 4) is 5.75 Å². The van der Waals surface area contributed by atoms with Gasteiger partial charge in [0, 0.05) is 16.5 Å². The summed E-state index contributed by atoms with van der Waals surface area (Å²) in [6.45, 7) is 5.53. The molecule has 0 aliphatic carbocycles. The lowest BCUT2D eigenvalue weighted by atomic mass is 10.1. The monoisotopic (exact) mass is 405 g/mol. The predicted octanol–water partition coefficient (Wildman–Crippen LogP) is 5.75. The second-order valence-electron chi connectivity index (χ2n) is 6.32. The third-order valence-corrected chi connectivity index (χ3v) is 5.74. The van der Waals surface area contributed by atoms with E-state index in [0.717, 1.165) is 42.9 Å². The first kappa shape index (κ1) is 21.6. The summed E-state index contributed by atoms with van der Waals surface area (Å²) >= 11 is 7.50. The molecule has 0 spiro atoms. The minimum absolute atomic E-state index is 0.0907. The minimum Gasteiger partial charge on any atom is -0.493 e. The van der Waals surface area contributed by atoms with E-state index in [1.807, 2.05) is 49.4 Å². The normalized spacial score (nSPS) is 11.8. The highest BCUT2D eigenvalue weighted by atomic mass is 35.5. The number of hydrogen-bond donors (Lipinski definition) is 1. The lowest BCUT2D eigenvalue weighted by Gasteiger charge is -2.15. The van der Waals surface area contributed by atoms with E-state index in [0.29, 0.717) is 11.6 Å². The van der Waals surface area contributed by atoms with Gasteiger partial charge in [-0.05, 0) is 61.6 Å². The SMILES string of the molecule is CCCOc1ccccc1CCCNC(=O)C(CC)Sc1ccc(Cl)cc1. The largest absolute Gasteiger partial charge is 0.493 e. The van der Waals surface area contributed by atoms with Gasteiger partial charge in [0.05, 0.1) is 11.9 Å². The first-order chi connectivity index (χ1) is 13.1. The van der Waals surface area contributed by atoms with Gasteiger partial charge in [-0.15, -0.1) is 11.8 Å². The van der Waals surface area contributed by atoms with Gasteiger partial charge in [-0.1, -0.05) is 43.6 Å². The summed E-state index contributed by atoms with van der Waals surface area (Å²) in [6.07, 6.45) is 3.56. The average Bonchev–Trinajstić information content (AvgIpc) is 2.69. The van der Waals surface area contributed by atoms with Gasteiger partial charge in [-0.3, -0.25) is 4.79 Å². The fraction of sp³-hybridized carbons (Fsp3) is 0.409. The van der Waals surface area contributed by atoms with E-state index in [2.05, 4.69) is 18.3 Å². The molecule has 0 bridgehead atoms. The zero-order valence-corrected chi connectivity index (χ0v) is 17.6. The number of carbonyl (C=O) groups is 1. The minimum atomic E-state index is -0.0913. The first-order valence-corrected chi connectivity index (χ1v) is 10.8. The summed E-state index contributed by atoms with van der Waals surface area (Å²) in [6, 6.07) is 15.8. The molecule has 3 nitrogen and oxygen atoms in total. The molecule has 0 aliphatic rings. The van der Waals surface area contributed by atoms with E-state index in [4.69, 9.17) is 16.3 Å². The number of ether oxygens (including phenoxy) is 1. The molecule has 27 heavy (non-hydrogen) atoms. The summed E-state index contributed by atoms with van der Waals surface area (Å²) in [5.74, 6) is 1.04. The Kier molecular flexibility index (Phi) is 9.57. The molecule has 2 rings (SSSR count). The maximum Gasteiger partial charge on any atom is 0.233 e. The maximum absolute atomic E-state index is 12.5. The molecule has 0 saturated heterocycles. The van der Waals surface area contributed by atoms with E-state index in [-0.39, 0.29) is 11.2 Å². The number of rotatable bonds is 11. The third kappa shape index (κ3) is 7.47. The van der Waals surface area contributed by atoms with Gasteiger partial charge in [0.25, 0.3) is 0 Å². The summed E-state index contributed by atoms with van der Waals surface area (Å²) in [4.78, 5) is 13.5. The Hall–Kier alpha value is -1.65. The number of nitrogens with one attached hydrogen (secondary N) is 1. The number of halogens is 1. The molecule has 0 saturated carbocycles.